The molecule has 0 fully saturated rings. The molecule has 0 saturated heterocycles. The molecule has 28 heavy (non-hydrogen) atoms. The minimum atomic E-state index is -0.608. The molecular weight excluding hydrogens is 362 g/mol. The van der Waals surface area contributed by atoms with Gasteiger partial charge in [0.1, 0.15) is 5.75 Å². The van der Waals surface area contributed by atoms with Gasteiger partial charge in [0.2, 0.25) is 0 Å². The maximum absolute atomic E-state index is 12.3. The summed E-state index contributed by atoms with van der Waals surface area (Å²) in [4.78, 5) is 24.5. The van der Waals surface area contributed by atoms with Gasteiger partial charge >= 0.3 is 5.97 Å². The van der Waals surface area contributed by atoms with E-state index in [2.05, 4.69) is 5.32 Å². The van der Waals surface area contributed by atoms with E-state index in [0.717, 1.165) is 11.3 Å². The van der Waals surface area contributed by atoms with Crippen LogP contribution in [0.2, 0.25) is 0 Å². The van der Waals surface area contributed by atoms with Gasteiger partial charge in [-0.05, 0) is 31.2 Å². The van der Waals surface area contributed by atoms with Crippen molar-refractivity contribution < 1.29 is 28.5 Å². The van der Waals surface area contributed by atoms with Gasteiger partial charge in [-0.25, -0.2) is 4.79 Å². The first kappa shape index (κ1) is 19.5. The van der Waals surface area contributed by atoms with Gasteiger partial charge in [-0.15, -0.1) is 0 Å². The molecule has 2 aromatic carbocycles. The van der Waals surface area contributed by atoms with Crippen LogP contribution in [0.25, 0.3) is 0 Å². The summed E-state index contributed by atoms with van der Waals surface area (Å²) in [6, 6.07) is 12.1. The second kappa shape index (κ2) is 9.12. The minimum absolute atomic E-state index is 0.165. The third-order valence-electron chi connectivity index (χ3n) is 4.33. The molecule has 7 heteroatoms. The van der Waals surface area contributed by atoms with Crippen molar-refractivity contribution in [2.45, 2.75) is 19.4 Å². The molecule has 0 aliphatic carbocycles. The predicted molar refractivity (Wildman–Crippen MR) is 102 cm³/mol. The molecule has 148 valence electrons. The van der Waals surface area contributed by atoms with Gasteiger partial charge in [0.05, 0.1) is 31.9 Å². The van der Waals surface area contributed by atoms with Crippen molar-refractivity contribution in [2.75, 3.05) is 26.9 Å². The van der Waals surface area contributed by atoms with Crippen LogP contribution in [0.15, 0.2) is 42.5 Å². The van der Waals surface area contributed by atoms with E-state index >= 15 is 0 Å². The maximum atomic E-state index is 12.3. The minimum Gasteiger partial charge on any atom is -0.493 e. The monoisotopic (exact) mass is 385 g/mol. The summed E-state index contributed by atoms with van der Waals surface area (Å²) in [6.45, 7) is 2.49. The van der Waals surface area contributed by atoms with E-state index < -0.39 is 5.97 Å². The zero-order chi connectivity index (χ0) is 19.9. The van der Waals surface area contributed by atoms with E-state index in [9.17, 15) is 9.59 Å². The molecular formula is C21H23NO6. The lowest BCUT2D eigenvalue weighted by Gasteiger charge is -2.26. The summed E-state index contributed by atoms with van der Waals surface area (Å²) in [5, 5.41) is 2.89. The molecule has 0 aromatic heterocycles. The van der Waals surface area contributed by atoms with Gasteiger partial charge in [-0.3, -0.25) is 4.79 Å². The highest BCUT2D eigenvalue weighted by molar-refractivity contribution is 5.92. The summed E-state index contributed by atoms with van der Waals surface area (Å²) in [5.74, 6) is 0.756. The number of carbonyl (C=O) groups is 2. The highest BCUT2D eigenvalue weighted by atomic mass is 16.5. The standard InChI is InChI=1S/C21H23NO6/c1-3-26-18-9-8-14(12-19(18)25-2)21(24)28-13-20(23)22-16-10-11-27-17-7-5-4-6-15(16)17/h4-9,12,16H,3,10-11,13H2,1-2H3,(H,22,23). The van der Waals surface area contributed by atoms with E-state index in [1.165, 1.54) is 13.2 Å². The largest absolute Gasteiger partial charge is 0.493 e. The quantitative estimate of drug-likeness (QED) is 0.738. The number of amides is 1. The van der Waals surface area contributed by atoms with Crippen molar-refractivity contribution in [3.05, 3.63) is 53.6 Å². The van der Waals surface area contributed by atoms with Gasteiger partial charge in [0, 0.05) is 12.0 Å². The number of benzene rings is 2. The molecule has 1 heterocycles. The van der Waals surface area contributed by atoms with E-state index in [1.54, 1.807) is 12.1 Å². The number of esters is 1. The number of ether oxygens (including phenoxy) is 4. The number of para-hydroxylation sites is 1. The van der Waals surface area contributed by atoms with Crippen molar-refractivity contribution in [3.63, 3.8) is 0 Å². The van der Waals surface area contributed by atoms with Gasteiger partial charge in [-0.1, -0.05) is 18.2 Å². The molecule has 0 bridgehead atoms. The van der Waals surface area contributed by atoms with Crippen LogP contribution in [0.1, 0.15) is 35.3 Å². The third kappa shape index (κ3) is 4.54. The smallest absolute Gasteiger partial charge is 0.338 e. The molecule has 0 saturated carbocycles. The van der Waals surface area contributed by atoms with Gasteiger partial charge in [-0.2, -0.15) is 0 Å². The summed E-state index contributed by atoms with van der Waals surface area (Å²) >= 11 is 0. The first-order chi connectivity index (χ1) is 13.6. The van der Waals surface area contributed by atoms with E-state index in [0.29, 0.717) is 31.1 Å². The molecule has 1 unspecified atom stereocenters. The molecule has 1 N–H and O–H groups in total. The summed E-state index contributed by atoms with van der Waals surface area (Å²) in [7, 11) is 1.49. The fraction of sp³-hybridized carbons (Fsp3) is 0.333. The lowest BCUT2D eigenvalue weighted by molar-refractivity contribution is -0.125. The zero-order valence-electron chi connectivity index (χ0n) is 15.9. The van der Waals surface area contributed by atoms with Crippen molar-refractivity contribution >= 4 is 11.9 Å². The number of nitrogens with one attached hydrogen (secondary N) is 1. The molecule has 1 amide bonds. The first-order valence-electron chi connectivity index (χ1n) is 9.11. The van der Waals surface area contributed by atoms with Crippen LogP contribution < -0.4 is 19.5 Å². The van der Waals surface area contributed by atoms with Gasteiger partial charge in [0.25, 0.3) is 5.91 Å². The number of hydrogen-bond acceptors (Lipinski definition) is 6. The van der Waals surface area contributed by atoms with Crippen LogP contribution in [0.3, 0.4) is 0 Å². The van der Waals surface area contributed by atoms with E-state index in [-0.39, 0.29) is 24.1 Å². The van der Waals surface area contributed by atoms with Crippen molar-refractivity contribution in [1.82, 2.24) is 5.32 Å². The third-order valence-corrected chi connectivity index (χ3v) is 4.33. The van der Waals surface area contributed by atoms with Gasteiger partial charge < -0.3 is 24.3 Å². The Hall–Kier alpha value is -3.22. The number of carbonyl (C=O) groups excluding carboxylic acids is 2. The first-order valence-corrected chi connectivity index (χ1v) is 9.11. The molecule has 0 spiro atoms. The number of fused-ring (bicyclic) bond motifs is 1. The van der Waals surface area contributed by atoms with Gasteiger partial charge in [0.15, 0.2) is 18.1 Å². The molecule has 0 radical (unpaired) electrons. The van der Waals surface area contributed by atoms with Crippen molar-refractivity contribution in [3.8, 4) is 17.2 Å². The molecule has 1 aliphatic rings. The maximum Gasteiger partial charge on any atom is 0.338 e. The van der Waals surface area contributed by atoms with Crippen LogP contribution in [0, 0.1) is 0 Å². The summed E-state index contributed by atoms with van der Waals surface area (Å²) < 4.78 is 21.4. The van der Waals surface area contributed by atoms with Crippen molar-refractivity contribution in [2.24, 2.45) is 0 Å². The Morgan fingerprint density at radius 3 is 2.79 bits per heavy atom. The van der Waals surface area contributed by atoms with Crippen LogP contribution in [0.5, 0.6) is 17.2 Å². The Labute approximate surface area is 163 Å². The Balaban J connectivity index is 1.57. The second-order valence-electron chi connectivity index (χ2n) is 6.17. The summed E-state index contributed by atoms with van der Waals surface area (Å²) in [5.41, 5.74) is 1.20. The molecule has 1 aliphatic heterocycles. The Morgan fingerprint density at radius 2 is 2.00 bits per heavy atom. The lowest BCUT2D eigenvalue weighted by Crippen LogP contribution is -2.35. The van der Waals surface area contributed by atoms with Crippen LogP contribution in [-0.4, -0.2) is 38.8 Å². The Kier molecular flexibility index (Phi) is 6.37. The predicted octanol–water partition coefficient (Wildman–Crippen LogP) is 2.89. The fourth-order valence-electron chi connectivity index (χ4n) is 3.01. The molecule has 3 rings (SSSR count). The highest BCUT2D eigenvalue weighted by Crippen LogP contribution is 2.31. The van der Waals surface area contributed by atoms with Crippen LogP contribution in [0.4, 0.5) is 0 Å². The fourth-order valence-corrected chi connectivity index (χ4v) is 3.01. The molecule has 1 atom stereocenters. The highest BCUT2D eigenvalue weighted by Gasteiger charge is 2.23. The Bertz CT molecular complexity index is 851. The lowest BCUT2D eigenvalue weighted by atomic mass is 10.0. The summed E-state index contributed by atoms with van der Waals surface area (Å²) in [6.07, 6.45) is 0.660. The van der Waals surface area contributed by atoms with E-state index in [1.807, 2.05) is 31.2 Å². The number of rotatable bonds is 7. The topological polar surface area (TPSA) is 83.1 Å². The van der Waals surface area contributed by atoms with Crippen molar-refractivity contribution in [1.29, 1.82) is 0 Å². The SMILES string of the molecule is CCOc1ccc(C(=O)OCC(=O)NC2CCOc3ccccc32)cc1OC. The normalized spacial score (nSPS) is 15.0. The van der Waals surface area contributed by atoms with Crippen LogP contribution >= 0.6 is 0 Å². The molecule has 2 aromatic rings. The second-order valence-corrected chi connectivity index (χ2v) is 6.17. The van der Waals surface area contributed by atoms with E-state index in [4.69, 9.17) is 18.9 Å². The zero-order valence-corrected chi connectivity index (χ0v) is 15.9. The number of hydrogen-bond donors (Lipinski definition) is 1. The molecule has 7 nitrogen and oxygen atoms in total. The average Bonchev–Trinajstić information content (AvgIpc) is 2.73. The average molecular weight is 385 g/mol. The van der Waals surface area contributed by atoms with Crippen LogP contribution in [-0.2, 0) is 9.53 Å². The Morgan fingerprint density at radius 1 is 1.18 bits per heavy atom. The number of methoxy groups -OCH3 is 1.